The number of sulfone groups is 1. The van der Waals surface area contributed by atoms with E-state index >= 15 is 0 Å². The van der Waals surface area contributed by atoms with Gasteiger partial charge in [-0.05, 0) is 49.0 Å². The molecule has 0 heterocycles. The van der Waals surface area contributed by atoms with Gasteiger partial charge < -0.3 is 5.73 Å². The van der Waals surface area contributed by atoms with Crippen molar-refractivity contribution in [1.29, 1.82) is 0 Å². The molecule has 0 amide bonds. The van der Waals surface area contributed by atoms with Gasteiger partial charge >= 0.3 is 0 Å². The summed E-state index contributed by atoms with van der Waals surface area (Å²) in [6, 6.07) is 0. The average molecular weight is 318 g/mol. The molecule has 2 N–H and O–H groups in total. The smallest absolute Gasteiger partial charge is 0.153 e. The van der Waals surface area contributed by atoms with Gasteiger partial charge in [-0.25, -0.2) is 8.42 Å². The van der Waals surface area contributed by atoms with Crippen LogP contribution in [0.1, 0.15) is 66.7 Å². The van der Waals surface area contributed by atoms with Crippen LogP contribution in [0, 0.1) is 23.2 Å². The van der Waals surface area contributed by atoms with Gasteiger partial charge in [0.15, 0.2) is 9.84 Å². The van der Waals surface area contributed by atoms with Crippen LogP contribution < -0.4 is 5.73 Å². The molecule has 21 heavy (non-hydrogen) atoms. The van der Waals surface area contributed by atoms with Crippen molar-refractivity contribution in [1.82, 2.24) is 0 Å². The van der Waals surface area contributed by atoms with E-state index < -0.39 is 9.84 Å². The molecule has 4 atom stereocenters. The first kappa shape index (κ1) is 19.0. The number of rotatable bonds is 7. The first-order valence-corrected chi connectivity index (χ1v) is 10.3. The SMILES string of the molecule is CCC(C)CS(=O)(=O)C1CC(C(C)(C)CC)CCC1CN. The minimum atomic E-state index is -3.04. The van der Waals surface area contributed by atoms with Crippen LogP contribution in [0.5, 0.6) is 0 Å². The molecule has 1 fully saturated rings. The second-order valence-electron chi connectivity index (χ2n) is 7.73. The van der Waals surface area contributed by atoms with Gasteiger partial charge in [0.2, 0.25) is 0 Å². The molecule has 1 aliphatic rings. The summed E-state index contributed by atoms with van der Waals surface area (Å²) in [6.07, 6.45) is 4.92. The van der Waals surface area contributed by atoms with E-state index in [-0.39, 0.29) is 22.5 Å². The van der Waals surface area contributed by atoms with Gasteiger partial charge in [-0.3, -0.25) is 0 Å². The highest BCUT2D eigenvalue weighted by Gasteiger charge is 2.42. The van der Waals surface area contributed by atoms with Gasteiger partial charge in [0, 0.05) is 0 Å². The van der Waals surface area contributed by atoms with Crippen molar-refractivity contribution in [2.45, 2.75) is 72.0 Å². The van der Waals surface area contributed by atoms with Gasteiger partial charge in [0.25, 0.3) is 0 Å². The average Bonchev–Trinajstić information content (AvgIpc) is 2.45. The van der Waals surface area contributed by atoms with Crippen molar-refractivity contribution in [3.63, 3.8) is 0 Å². The summed E-state index contributed by atoms with van der Waals surface area (Å²) >= 11 is 0. The predicted octanol–water partition coefficient (Wildman–Crippen LogP) is 3.63. The molecule has 1 rings (SSSR count). The largest absolute Gasteiger partial charge is 0.330 e. The zero-order valence-corrected chi connectivity index (χ0v) is 15.4. The van der Waals surface area contributed by atoms with Crippen molar-refractivity contribution in [2.24, 2.45) is 28.9 Å². The van der Waals surface area contributed by atoms with Crippen molar-refractivity contribution in [2.75, 3.05) is 12.3 Å². The van der Waals surface area contributed by atoms with Gasteiger partial charge in [0.05, 0.1) is 11.0 Å². The maximum Gasteiger partial charge on any atom is 0.153 e. The minimum Gasteiger partial charge on any atom is -0.330 e. The van der Waals surface area contributed by atoms with Crippen molar-refractivity contribution in [3.05, 3.63) is 0 Å². The molecule has 0 saturated heterocycles. The summed E-state index contributed by atoms with van der Waals surface area (Å²) in [6.45, 7) is 11.4. The summed E-state index contributed by atoms with van der Waals surface area (Å²) in [7, 11) is -3.04. The lowest BCUT2D eigenvalue weighted by Crippen LogP contribution is -2.44. The van der Waals surface area contributed by atoms with E-state index in [0.717, 1.165) is 32.1 Å². The fourth-order valence-corrected chi connectivity index (χ4v) is 6.17. The quantitative estimate of drug-likeness (QED) is 0.780. The van der Waals surface area contributed by atoms with Crippen LogP contribution in [0.25, 0.3) is 0 Å². The molecular formula is C17H35NO2S. The Hall–Kier alpha value is -0.0900. The number of nitrogens with two attached hydrogens (primary N) is 1. The first-order valence-electron chi connectivity index (χ1n) is 8.59. The normalized spacial score (nSPS) is 29.3. The molecule has 0 aromatic heterocycles. The molecule has 126 valence electrons. The molecule has 4 heteroatoms. The molecule has 4 unspecified atom stereocenters. The Labute approximate surface area is 132 Å². The van der Waals surface area contributed by atoms with E-state index in [1.807, 2.05) is 6.92 Å². The van der Waals surface area contributed by atoms with Crippen molar-refractivity contribution < 1.29 is 8.42 Å². The molecule has 3 nitrogen and oxygen atoms in total. The zero-order chi connectivity index (χ0) is 16.3. The summed E-state index contributed by atoms with van der Waals surface area (Å²) in [4.78, 5) is 0. The lowest BCUT2D eigenvalue weighted by Gasteiger charge is -2.42. The molecule has 1 saturated carbocycles. The maximum atomic E-state index is 12.8. The molecule has 0 radical (unpaired) electrons. The molecule has 1 aliphatic carbocycles. The summed E-state index contributed by atoms with van der Waals surface area (Å²) < 4.78 is 25.7. The highest BCUT2D eigenvalue weighted by molar-refractivity contribution is 7.92. The topological polar surface area (TPSA) is 60.2 Å². The van der Waals surface area contributed by atoms with E-state index in [4.69, 9.17) is 5.73 Å². The lowest BCUT2D eigenvalue weighted by molar-refractivity contribution is 0.132. The van der Waals surface area contributed by atoms with E-state index in [9.17, 15) is 8.42 Å². The van der Waals surface area contributed by atoms with E-state index in [1.165, 1.54) is 0 Å². The Morgan fingerprint density at radius 1 is 1.24 bits per heavy atom. The Morgan fingerprint density at radius 2 is 1.86 bits per heavy atom. The van der Waals surface area contributed by atoms with Crippen LogP contribution in [0.4, 0.5) is 0 Å². The minimum absolute atomic E-state index is 0.156. The first-order chi connectivity index (χ1) is 9.67. The van der Waals surface area contributed by atoms with Gasteiger partial charge in [0.1, 0.15) is 0 Å². The van der Waals surface area contributed by atoms with Crippen LogP contribution in [-0.4, -0.2) is 26.0 Å². The second-order valence-corrected chi connectivity index (χ2v) is 9.99. The summed E-state index contributed by atoms with van der Waals surface area (Å²) in [5, 5.41) is -0.221. The van der Waals surface area contributed by atoms with Crippen LogP contribution in [0.2, 0.25) is 0 Å². The Morgan fingerprint density at radius 3 is 2.33 bits per heavy atom. The summed E-state index contributed by atoms with van der Waals surface area (Å²) in [5.74, 6) is 1.22. The highest BCUT2D eigenvalue weighted by Crippen LogP contribution is 2.44. The van der Waals surface area contributed by atoms with Gasteiger partial charge in [-0.15, -0.1) is 0 Å². The van der Waals surface area contributed by atoms with E-state index in [0.29, 0.717) is 18.2 Å². The number of hydrogen-bond acceptors (Lipinski definition) is 3. The third-order valence-electron chi connectivity index (χ3n) is 5.92. The Kier molecular flexibility index (Phi) is 6.73. The van der Waals surface area contributed by atoms with Crippen molar-refractivity contribution in [3.8, 4) is 0 Å². The third-order valence-corrected chi connectivity index (χ3v) is 8.46. The summed E-state index contributed by atoms with van der Waals surface area (Å²) in [5.41, 5.74) is 6.10. The third kappa shape index (κ3) is 4.69. The molecular weight excluding hydrogens is 282 g/mol. The van der Waals surface area contributed by atoms with Crippen LogP contribution in [0.15, 0.2) is 0 Å². The fraction of sp³-hybridized carbons (Fsp3) is 1.00. The lowest BCUT2D eigenvalue weighted by atomic mass is 9.67. The molecule has 0 aliphatic heterocycles. The van der Waals surface area contributed by atoms with Crippen LogP contribution in [-0.2, 0) is 9.84 Å². The zero-order valence-electron chi connectivity index (χ0n) is 14.6. The van der Waals surface area contributed by atoms with Crippen molar-refractivity contribution >= 4 is 9.84 Å². The standard InChI is InChI=1S/C17H35NO2S/c1-6-13(3)12-21(19,20)16-10-15(17(4,5)7-2)9-8-14(16)11-18/h13-16H,6-12,18H2,1-5H3. The van der Waals surface area contributed by atoms with Crippen LogP contribution in [0.3, 0.4) is 0 Å². The molecule has 0 aromatic carbocycles. The van der Waals surface area contributed by atoms with Gasteiger partial charge in [-0.2, -0.15) is 0 Å². The second kappa shape index (κ2) is 7.45. The fourth-order valence-electron chi connectivity index (χ4n) is 3.54. The Bertz CT molecular complexity index is 417. The Balaban J connectivity index is 2.94. The van der Waals surface area contributed by atoms with E-state index in [1.54, 1.807) is 0 Å². The molecule has 0 spiro atoms. The predicted molar refractivity (Wildman–Crippen MR) is 91.0 cm³/mol. The monoisotopic (exact) mass is 317 g/mol. The van der Waals surface area contributed by atoms with E-state index in [2.05, 4.69) is 27.7 Å². The number of hydrogen-bond donors (Lipinski definition) is 1. The van der Waals surface area contributed by atoms with Crippen LogP contribution >= 0.6 is 0 Å². The van der Waals surface area contributed by atoms with Gasteiger partial charge in [-0.1, -0.05) is 47.5 Å². The highest BCUT2D eigenvalue weighted by atomic mass is 32.2. The maximum absolute atomic E-state index is 12.8. The molecule has 0 bridgehead atoms. The molecule has 0 aromatic rings.